The zero-order valence-electron chi connectivity index (χ0n) is 11.4. The number of aliphatic hydroxyl groups excluding tert-OH is 1. The van der Waals surface area contributed by atoms with Gasteiger partial charge in [0.1, 0.15) is 0 Å². The number of carbonyl (C=O) groups excluding carboxylic acids is 1. The molecule has 0 saturated heterocycles. The highest BCUT2D eigenvalue weighted by atomic mass is 32.2. The van der Waals surface area contributed by atoms with Crippen LogP contribution >= 0.6 is 0 Å². The predicted octanol–water partition coefficient (Wildman–Crippen LogP) is 1.23. The van der Waals surface area contributed by atoms with Crippen LogP contribution in [-0.2, 0) is 10.0 Å². The lowest BCUT2D eigenvalue weighted by Gasteiger charge is -2.20. The number of aryl methyl sites for hydroxylation is 1. The first-order valence-electron chi connectivity index (χ1n) is 6.39. The summed E-state index contributed by atoms with van der Waals surface area (Å²) in [6.45, 7) is 1.91. The molecule has 20 heavy (non-hydrogen) atoms. The third-order valence-corrected chi connectivity index (χ3v) is 4.68. The molecule has 1 aromatic rings. The van der Waals surface area contributed by atoms with Crippen molar-refractivity contribution in [3.63, 3.8) is 0 Å². The zero-order chi connectivity index (χ0) is 15.2. The average molecular weight is 300 g/mol. The summed E-state index contributed by atoms with van der Waals surface area (Å²) in [7, 11) is -3.91. The van der Waals surface area contributed by atoms with Crippen molar-refractivity contribution in [2.24, 2.45) is 5.73 Å². The zero-order valence-corrected chi connectivity index (χ0v) is 12.3. The van der Waals surface area contributed by atoms with E-state index in [2.05, 4.69) is 0 Å². The number of amides is 2. The van der Waals surface area contributed by atoms with Gasteiger partial charge in [0.05, 0.1) is 4.90 Å². The molecule has 7 heteroatoms. The molecule has 0 aromatic heterocycles. The number of hydrogen-bond donors (Lipinski definition) is 2. The molecule has 0 radical (unpaired) electrons. The molecule has 0 aliphatic carbocycles. The van der Waals surface area contributed by atoms with Crippen LogP contribution in [0.3, 0.4) is 0 Å². The molecule has 0 saturated carbocycles. The fourth-order valence-corrected chi connectivity index (χ4v) is 3.07. The van der Waals surface area contributed by atoms with Gasteiger partial charge in [-0.25, -0.2) is 17.5 Å². The number of benzene rings is 1. The molecule has 2 amide bonds. The van der Waals surface area contributed by atoms with E-state index in [1.165, 1.54) is 12.1 Å². The number of unbranched alkanes of at least 4 members (excludes halogenated alkanes) is 2. The van der Waals surface area contributed by atoms with Crippen LogP contribution in [0.15, 0.2) is 29.2 Å². The second kappa shape index (κ2) is 7.25. The van der Waals surface area contributed by atoms with Gasteiger partial charge in [0.2, 0.25) is 0 Å². The summed E-state index contributed by atoms with van der Waals surface area (Å²) < 4.78 is 25.3. The molecule has 112 valence electrons. The molecule has 0 unspecified atom stereocenters. The third-order valence-electron chi connectivity index (χ3n) is 2.87. The number of sulfonamides is 1. The maximum Gasteiger partial charge on any atom is 0.328 e. The van der Waals surface area contributed by atoms with Crippen molar-refractivity contribution >= 4 is 16.1 Å². The Bertz CT molecular complexity index is 540. The fourth-order valence-electron chi connectivity index (χ4n) is 1.73. The van der Waals surface area contributed by atoms with Gasteiger partial charge in [-0.2, -0.15) is 0 Å². The minimum Gasteiger partial charge on any atom is -0.396 e. The summed E-state index contributed by atoms with van der Waals surface area (Å²) >= 11 is 0. The molecule has 0 aliphatic heterocycles. The summed E-state index contributed by atoms with van der Waals surface area (Å²) in [5.74, 6) is 0. The Hall–Kier alpha value is -1.60. The van der Waals surface area contributed by atoms with Gasteiger partial charge in [0.15, 0.2) is 0 Å². The monoisotopic (exact) mass is 300 g/mol. The molecule has 3 N–H and O–H groups in total. The van der Waals surface area contributed by atoms with Crippen molar-refractivity contribution in [1.29, 1.82) is 0 Å². The van der Waals surface area contributed by atoms with E-state index in [0.29, 0.717) is 23.6 Å². The molecule has 0 aliphatic rings. The first-order chi connectivity index (χ1) is 9.39. The minimum atomic E-state index is -3.91. The van der Waals surface area contributed by atoms with Crippen LogP contribution in [0.4, 0.5) is 4.79 Å². The Kier molecular flexibility index (Phi) is 5.97. The van der Waals surface area contributed by atoms with Gasteiger partial charge in [-0.15, -0.1) is 0 Å². The van der Waals surface area contributed by atoms with Gasteiger partial charge in [-0.1, -0.05) is 17.7 Å². The van der Waals surface area contributed by atoms with Crippen molar-refractivity contribution in [3.8, 4) is 0 Å². The van der Waals surface area contributed by atoms with Crippen molar-refractivity contribution in [1.82, 2.24) is 4.31 Å². The molecule has 0 bridgehead atoms. The van der Waals surface area contributed by atoms with Gasteiger partial charge >= 0.3 is 6.03 Å². The fraction of sp³-hybridized carbons (Fsp3) is 0.462. The lowest BCUT2D eigenvalue weighted by molar-refractivity contribution is 0.230. The molecule has 1 rings (SSSR count). The summed E-state index contributed by atoms with van der Waals surface area (Å²) in [4.78, 5) is 11.4. The standard InChI is InChI=1S/C13H20N2O4S/c1-11-5-7-12(8-6-11)20(18,19)15(13(14)17)9-3-2-4-10-16/h5-8,16H,2-4,9-10H2,1H3,(H2,14,17). The van der Waals surface area contributed by atoms with Crippen LogP contribution in [-0.4, -0.2) is 37.0 Å². The van der Waals surface area contributed by atoms with Crippen molar-refractivity contribution in [2.75, 3.05) is 13.2 Å². The number of nitrogens with two attached hydrogens (primary N) is 1. The number of hydrogen-bond acceptors (Lipinski definition) is 4. The number of rotatable bonds is 7. The Morgan fingerprint density at radius 1 is 1.20 bits per heavy atom. The SMILES string of the molecule is Cc1ccc(S(=O)(=O)N(CCCCCO)C(N)=O)cc1. The highest BCUT2D eigenvalue weighted by Gasteiger charge is 2.26. The first-order valence-corrected chi connectivity index (χ1v) is 7.83. The Morgan fingerprint density at radius 2 is 1.80 bits per heavy atom. The predicted molar refractivity (Wildman–Crippen MR) is 75.6 cm³/mol. The maximum absolute atomic E-state index is 12.3. The van der Waals surface area contributed by atoms with E-state index in [9.17, 15) is 13.2 Å². The molecule has 0 atom stereocenters. The van der Waals surface area contributed by atoms with E-state index in [0.717, 1.165) is 5.56 Å². The highest BCUT2D eigenvalue weighted by Crippen LogP contribution is 2.17. The van der Waals surface area contributed by atoms with E-state index in [1.54, 1.807) is 12.1 Å². The van der Waals surface area contributed by atoms with E-state index in [-0.39, 0.29) is 18.0 Å². The van der Waals surface area contributed by atoms with E-state index < -0.39 is 16.1 Å². The highest BCUT2D eigenvalue weighted by molar-refractivity contribution is 7.89. The molecular formula is C13H20N2O4S. The van der Waals surface area contributed by atoms with Gasteiger partial charge in [0.25, 0.3) is 10.0 Å². The Balaban J connectivity index is 2.89. The van der Waals surface area contributed by atoms with Gasteiger partial charge in [-0.05, 0) is 38.3 Å². The summed E-state index contributed by atoms with van der Waals surface area (Å²) in [6.07, 6.45) is 1.66. The van der Waals surface area contributed by atoms with Gasteiger partial charge < -0.3 is 10.8 Å². The average Bonchev–Trinajstić information content (AvgIpc) is 2.38. The van der Waals surface area contributed by atoms with E-state index >= 15 is 0 Å². The number of primary amides is 1. The van der Waals surface area contributed by atoms with Crippen LogP contribution in [0.1, 0.15) is 24.8 Å². The molecule has 1 aromatic carbocycles. The van der Waals surface area contributed by atoms with E-state index in [1.807, 2.05) is 6.92 Å². The van der Waals surface area contributed by atoms with Gasteiger partial charge in [-0.3, -0.25) is 0 Å². The lowest BCUT2D eigenvalue weighted by atomic mass is 10.2. The number of nitrogens with zero attached hydrogens (tertiary/aromatic N) is 1. The largest absolute Gasteiger partial charge is 0.396 e. The second-order valence-corrected chi connectivity index (χ2v) is 6.38. The quantitative estimate of drug-likeness (QED) is 0.739. The van der Waals surface area contributed by atoms with Crippen LogP contribution in [0.5, 0.6) is 0 Å². The summed E-state index contributed by atoms with van der Waals surface area (Å²) in [6, 6.07) is 5.24. The molecule has 0 heterocycles. The molecular weight excluding hydrogens is 280 g/mol. The second-order valence-electron chi connectivity index (χ2n) is 4.51. The van der Waals surface area contributed by atoms with Gasteiger partial charge in [0, 0.05) is 13.2 Å². The number of urea groups is 1. The topological polar surface area (TPSA) is 101 Å². The minimum absolute atomic E-state index is 0.0194. The van der Waals surface area contributed by atoms with Crippen LogP contribution in [0.25, 0.3) is 0 Å². The maximum atomic E-state index is 12.3. The number of carbonyl (C=O) groups is 1. The van der Waals surface area contributed by atoms with Crippen molar-refractivity contribution < 1.29 is 18.3 Å². The molecule has 6 nitrogen and oxygen atoms in total. The molecule has 0 fully saturated rings. The van der Waals surface area contributed by atoms with E-state index in [4.69, 9.17) is 10.8 Å². The summed E-state index contributed by atoms with van der Waals surface area (Å²) in [5, 5.41) is 8.68. The normalized spacial score (nSPS) is 11.3. The lowest BCUT2D eigenvalue weighted by Crippen LogP contribution is -2.41. The van der Waals surface area contributed by atoms with Crippen molar-refractivity contribution in [2.45, 2.75) is 31.1 Å². The Labute approximate surface area is 119 Å². The first kappa shape index (κ1) is 16.5. The van der Waals surface area contributed by atoms with Crippen molar-refractivity contribution in [3.05, 3.63) is 29.8 Å². The molecule has 0 spiro atoms. The Morgan fingerprint density at radius 3 is 2.30 bits per heavy atom. The third kappa shape index (κ3) is 4.21. The smallest absolute Gasteiger partial charge is 0.328 e. The number of aliphatic hydroxyl groups is 1. The van der Waals surface area contributed by atoms with Crippen LogP contribution in [0.2, 0.25) is 0 Å². The van der Waals surface area contributed by atoms with Crippen LogP contribution in [0, 0.1) is 6.92 Å². The van der Waals surface area contributed by atoms with Crippen LogP contribution < -0.4 is 5.73 Å². The summed E-state index contributed by atoms with van der Waals surface area (Å²) in [5.41, 5.74) is 6.09.